The fourth-order valence-corrected chi connectivity index (χ4v) is 2.87. The van der Waals surface area contributed by atoms with Crippen molar-refractivity contribution in [2.24, 2.45) is 0 Å². The molecule has 106 valence electrons. The summed E-state index contributed by atoms with van der Waals surface area (Å²) in [6.45, 7) is 2.17. The van der Waals surface area contributed by atoms with E-state index >= 15 is 0 Å². The number of fused-ring (bicyclic) bond motifs is 1. The summed E-state index contributed by atoms with van der Waals surface area (Å²) in [4.78, 5) is 3.83. The Bertz CT molecular complexity index is 464. The lowest BCUT2D eigenvalue weighted by Gasteiger charge is -2.28. The third kappa shape index (κ3) is 2.36. The number of rotatable bonds is 1. The molecule has 4 nitrogen and oxygen atoms in total. The van der Waals surface area contributed by atoms with Crippen LogP contribution in [0.25, 0.3) is 0 Å². The maximum Gasteiger partial charge on any atom is 0.449 e. The maximum atomic E-state index is 13.2. The maximum absolute atomic E-state index is 13.2. The van der Waals surface area contributed by atoms with Crippen molar-refractivity contribution in [2.45, 2.75) is 38.0 Å². The van der Waals surface area contributed by atoms with Gasteiger partial charge in [-0.25, -0.2) is 4.98 Å². The molecule has 0 atom stereocenters. The SMILES string of the molecule is FC(F)(F)c1nc2c(n1C1CCOCC1)CCNC2. The van der Waals surface area contributed by atoms with Crippen LogP contribution in [0.5, 0.6) is 0 Å². The standard InChI is InChI=1S/C12H16F3N3O/c13-12(14,15)11-17-9-7-16-4-1-10(9)18(11)8-2-5-19-6-3-8/h8,16H,1-7H2. The molecule has 2 aliphatic rings. The molecule has 0 saturated carbocycles. The normalized spacial score (nSPS) is 21.4. The highest BCUT2D eigenvalue weighted by Crippen LogP contribution is 2.36. The van der Waals surface area contributed by atoms with Gasteiger partial charge in [-0.05, 0) is 12.8 Å². The number of imidazole rings is 1. The first kappa shape index (κ1) is 12.9. The monoisotopic (exact) mass is 275 g/mol. The lowest BCUT2D eigenvalue weighted by Crippen LogP contribution is -2.29. The number of ether oxygens (including phenoxy) is 1. The summed E-state index contributed by atoms with van der Waals surface area (Å²) in [5.74, 6) is -0.743. The zero-order chi connectivity index (χ0) is 13.5. The van der Waals surface area contributed by atoms with Crippen molar-refractivity contribution in [3.8, 4) is 0 Å². The van der Waals surface area contributed by atoms with Crippen molar-refractivity contribution in [1.82, 2.24) is 14.9 Å². The van der Waals surface area contributed by atoms with Gasteiger partial charge in [0.15, 0.2) is 0 Å². The van der Waals surface area contributed by atoms with Crippen LogP contribution in [0, 0.1) is 0 Å². The van der Waals surface area contributed by atoms with E-state index in [2.05, 4.69) is 10.3 Å². The topological polar surface area (TPSA) is 39.1 Å². The summed E-state index contributed by atoms with van der Waals surface area (Å²) in [5.41, 5.74) is 1.29. The van der Waals surface area contributed by atoms with Crippen LogP contribution in [-0.2, 0) is 23.9 Å². The molecule has 0 aromatic carbocycles. The van der Waals surface area contributed by atoms with E-state index in [1.165, 1.54) is 4.57 Å². The molecule has 1 aromatic heterocycles. The minimum absolute atomic E-state index is 0.139. The third-order valence-corrected chi connectivity index (χ3v) is 3.73. The molecule has 0 radical (unpaired) electrons. The van der Waals surface area contributed by atoms with E-state index in [1.54, 1.807) is 0 Å². The molecule has 3 rings (SSSR count). The van der Waals surface area contributed by atoms with Gasteiger partial charge < -0.3 is 14.6 Å². The van der Waals surface area contributed by atoms with Crippen molar-refractivity contribution in [3.63, 3.8) is 0 Å². The van der Waals surface area contributed by atoms with E-state index in [9.17, 15) is 13.2 Å². The highest BCUT2D eigenvalue weighted by Gasteiger charge is 2.41. The molecule has 2 aliphatic heterocycles. The van der Waals surface area contributed by atoms with Gasteiger partial charge in [-0.2, -0.15) is 13.2 Å². The average Bonchev–Trinajstić information content (AvgIpc) is 2.79. The van der Waals surface area contributed by atoms with Gasteiger partial charge in [0.1, 0.15) is 0 Å². The number of aromatic nitrogens is 2. The number of hydrogen-bond donors (Lipinski definition) is 1. The number of hydrogen-bond acceptors (Lipinski definition) is 3. The van der Waals surface area contributed by atoms with Crippen LogP contribution in [-0.4, -0.2) is 29.3 Å². The van der Waals surface area contributed by atoms with E-state index in [4.69, 9.17) is 4.74 Å². The molecule has 19 heavy (non-hydrogen) atoms. The number of nitrogens with one attached hydrogen (secondary N) is 1. The molecule has 0 bridgehead atoms. The first-order chi connectivity index (χ1) is 9.07. The Kier molecular flexibility index (Phi) is 3.26. The van der Waals surface area contributed by atoms with E-state index in [0.29, 0.717) is 51.3 Å². The van der Waals surface area contributed by atoms with Crippen LogP contribution in [0.3, 0.4) is 0 Å². The minimum atomic E-state index is -4.39. The van der Waals surface area contributed by atoms with Gasteiger partial charge in [-0.1, -0.05) is 0 Å². The molecule has 1 N–H and O–H groups in total. The highest BCUT2D eigenvalue weighted by molar-refractivity contribution is 5.22. The summed E-state index contributed by atoms with van der Waals surface area (Å²) in [6, 6.07) is -0.139. The molecule has 1 saturated heterocycles. The summed E-state index contributed by atoms with van der Waals surface area (Å²) >= 11 is 0. The van der Waals surface area contributed by atoms with Crippen LogP contribution < -0.4 is 5.32 Å². The predicted molar refractivity (Wildman–Crippen MR) is 61.7 cm³/mol. The fourth-order valence-electron chi connectivity index (χ4n) is 2.87. The molecule has 3 heterocycles. The molecule has 0 aliphatic carbocycles. The predicted octanol–water partition coefficient (Wildman–Crippen LogP) is 1.90. The zero-order valence-corrected chi connectivity index (χ0v) is 10.5. The molecule has 0 amide bonds. The molecule has 0 spiro atoms. The summed E-state index contributed by atoms with van der Waals surface area (Å²) in [5, 5.41) is 3.07. The first-order valence-electron chi connectivity index (χ1n) is 6.53. The van der Waals surface area contributed by atoms with E-state index < -0.39 is 12.0 Å². The van der Waals surface area contributed by atoms with Gasteiger partial charge in [0.2, 0.25) is 5.82 Å². The van der Waals surface area contributed by atoms with Gasteiger partial charge in [-0.3, -0.25) is 0 Å². The van der Waals surface area contributed by atoms with Crippen molar-refractivity contribution in [1.29, 1.82) is 0 Å². The number of alkyl halides is 3. The van der Waals surface area contributed by atoms with Crippen molar-refractivity contribution in [2.75, 3.05) is 19.8 Å². The summed E-state index contributed by atoms with van der Waals surface area (Å²) in [6.07, 6.45) is -2.54. The Balaban J connectivity index is 2.05. The number of nitrogens with zero attached hydrogens (tertiary/aromatic N) is 2. The molecule has 1 fully saturated rings. The van der Waals surface area contributed by atoms with Gasteiger partial charge >= 0.3 is 6.18 Å². The number of halogens is 3. The van der Waals surface area contributed by atoms with Gasteiger partial charge in [0.05, 0.1) is 5.69 Å². The van der Waals surface area contributed by atoms with Gasteiger partial charge in [-0.15, -0.1) is 0 Å². The van der Waals surface area contributed by atoms with E-state index in [0.717, 1.165) is 5.69 Å². The quantitative estimate of drug-likeness (QED) is 0.851. The van der Waals surface area contributed by atoms with Crippen molar-refractivity contribution < 1.29 is 17.9 Å². The van der Waals surface area contributed by atoms with Gasteiger partial charge in [0, 0.05) is 44.5 Å². The smallest absolute Gasteiger partial charge is 0.381 e. The third-order valence-electron chi connectivity index (χ3n) is 3.73. The van der Waals surface area contributed by atoms with Crippen molar-refractivity contribution in [3.05, 3.63) is 17.2 Å². The van der Waals surface area contributed by atoms with Crippen molar-refractivity contribution >= 4 is 0 Å². The van der Waals surface area contributed by atoms with Crippen LogP contribution in [0.1, 0.15) is 36.1 Å². The molecule has 0 unspecified atom stereocenters. The Morgan fingerprint density at radius 1 is 1.26 bits per heavy atom. The average molecular weight is 275 g/mol. The van der Waals surface area contributed by atoms with Gasteiger partial charge in [0.25, 0.3) is 0 Å². The summed E-state index contributed by atoms with van der Waals surface area (Å²) < 4.78 is 46.1. The summed E-state index contributed by atoms with van der Waals surface area (Å²) in [7, 11) is 0. The second-order valence-corrected chi connectivity index (χ2v) is 4.97. The molecular weight excluding hydrogens is 259 g/mol. The van der Waals surface area contributed by atoms with E-state index in [-0.39, 0.29) is 6.04 Å². The Morgan fingerprint density at radius 3 is 2.68 bits per heavy atom. The molecule has 1 aromatic rings. The Labute approximate surface area is 109 Å². The zero-order valence-electron chi connectivity index (χ0n) is 10.5. The van der Waals surface area contributed by atoms with E-state index in [1.807, 2.05) is 0 Å². The van der Waals surface area contributed by atoms with Crippen LogP contribution in [0.4, 0.5) is 13.2 Å². The van der Waals surface area contributed by atoms with Crippen LogP contribution in [0.2, 0.25) is 0 Å². The largest absolute Gasteiger partial charge is 0.449 e. The molecule has 7 heteroatoms. The minimum Gasteiger partial charge on any atom is -0.381 e. The first-order valence-corrected chi connectivity index (χ1v) is 6.53. The lowest BCUT2D eigenvalue weighted by molar-refractivity contribution is -0.148. The second kappa shape index (κ2) is 4.79. The second-order valence-electron chi connectivity index (χ2n) is 4.97. The van der Waals surface area contributed by atoms with Crippen LogP contribution >= 0.6 is 0 Å². The highest BCUT2D eigenvalue weighted by atomic mass is 19.4. The van der Waals surface area contributed by atoms with Crippen LogP contribution in [0.15, 0.2) is 0 Å². The Hall–Kier alpha value is -1.08. The lowest BCUT2D eigenvalue weighted by atomic mass is 10.1. The molecular formula is C12H16F3N3O. The fraction of sp³-hybridized carbons (Fsp3) is 0.750. The Morgan fingerprint density at radius 2 is 2.00 bits per heavy atom.